The zero-order valence-corrected chi connectivity index (χ0v) is 16.8. The number of ether oxygens (including phenoxy) is 2. The topological polar surface area (TPSA) is 69.7 Å². The summed E-state index contributed by atoms with van der Waals surface area (Å²) in [7, 11) is -2.58. The van der Waals surface area contributed by atoms with Crippen LogP contribution in [-0.4, -0.2) is 28.1 Å². The van der Waals surface area contributed by atoms with E-state index in [1.54, 1.807) is 6.07 Å². The van der Waals surface area contributed by atoms with Crippen LogP contribution in [0.3, 0.4) is 0 Å². The minimum atomic E-state index is -3.83. The number of benzene rings is 2. The Bertz CT molecular complexity index is 1050. The SMILES string of the molecule is COC(=O)c1c(CS(=O)(=O)c2ccc(F)cc2Br)ccc2c1OC[C@H]1C[C@@H]21. The molecule has 0 radical (unpaired) electrons. The van der Waals surface area contributed by atoms with Crippen LogP contribution in [0.25, 0.3) is 0 Å². The Morgan fingerprint density at radius 2 is 2.11 bits per heavy atom. The fourth-order valence-corrected chi connectivity index (χ4v) is 6.07. The second-order valence-electron chi connectivity index (χ2n) is 6.76. The summed E-state index contributed by atoms with van der Waals surface area (Å²) in [4.78, 5) is 12.4. The number of esters is 1. The van der Waals surface area contributed by atoms with E-state index in [0.717, 1.165) is 24.1 Å². The Labute approximate surface area is 164 Å². The number of rotatable bonds is 4. The van der Waals surface area contributed by atoms with Crippen molar-refractivity contribution in [3.8, 4) is 5.75 Å². The molecule has 0 unspecified atom stereocenters. The average Bonchev–Trinajstić information content (AvgIpc) is 3.40. The van der Waals surface area contributed by atoms with Crippen LogP contribution in [0.1, 0.15) is 33.8 Å². The molecule has 1 aliphatic heterocycles. The zero-order chi connectivity index (χ0) is 19.3. The minimum absolute atomic E-state index is 0.0411. The molecule has 0 aromatic heterocycles. The van der Waals surface area contributed by atoms with Crippen molar-refractivity contribution < 1.29 is 27.1 Å². The van der Waals surface area contributed by atoms with Gasteiger partial charge in [-0.2, -0.15) is 0 Å². The molecule has 2 aromatic rings. The highest BCUT2D eigenvalue weighted by atomic mass is 79.9. The highest BCUT2D eigenvalue weighted by molar-refractivity contribution is 9.10. The maximum absolute atomic E-state index is 13.3. The highest BCUT2D eigenvalue weighted by Gasteiger charge is 2.45. The Morgan fingerprint density at radius 1 is 1.33 bits per heavy atom. The summed E-state index contributed by atoms with van der Waals surface area (Å²) in [5.74, 6) is -0.355. The smallest absolute Gasteiger partial charge is 0.341 e. The van der Waals surface area contributed by atoms with Gasteiger partial charge in [0.1, 0.15) is 17.1 Å². The third-order valence-corrected chi connectivity index (χ3v) is 7.64. The van der Waals surface area contributed by atoms with E-state index >= 15 is 0 Å². The van der Waals surface area contributed by atoms with Crippen LogP contribution in [0, 0.1) is 11.7 Å². The van der Waals surface area contributed by atoms with Crippen LogP contribution in [0.2, 0.25) is 0 Å². The van der Waals surface area contributed by atoms with Gasteiger partial charge in [-0.15, -0.1) is 0 Å². The van der Waals surface area contributed by atoms with Crippen molar-refractivity contribution >= 4 is 31.7 Å². The number of fused-ring (bicyclic) bond motifs is 3. The molecule has 1 aliphatic carbocycles. The minimum Gasteiger partial charge on any atom is -0.492 e. The van der Waals surface area contributed by atoms with E-state index in [-0.39, 0.29) is 14.9 Å². The van der Waals surface area contributed by atoms with Gasteiger partial charge in [0.05, 0.1) is 24.4 Å². The lowest BCUT2D eigenvalue weighted by atomic mass is 9.98. The summed E-state index contributed by atoms with van der Waals surface area (Å²) >= 11 is 3.10. The van der Waals surface area contributed by atoms with Crippen molar-refractivity contribution in [1.29, 1.82) is 0 Å². The molecule has 1 heterocycles. The standard InChI is InChI=1S/C19H16BrFO5S/c1-25-19(22)17-10(2-4-13-14-6-11(14)8-26-18(13)17)9-27(23,24)16-5-3-12(21)7-15(16)20/h2-5,7,11,14H,6,8-9H2,1H3/t11-,14-/m1/s1. The number of carbonyl (C=O) groups is 1. The largest absolute Gasteiger partial charge is 0.492 e. The third kappa shape index (κ3) is 3.25. The third-order valence-electron chi connectivity index (χ3n) is 5.00. The molecule has 142 valence electrons. The first-order valence-corrected chi connectivity index (χ1v) is 10.8. The van der Waals surface area contributed by atoms with Gasteiger partial charge in [0.15, 0.2) is 9.84 Å². The molecular weight excluding hydrogens is 439 g/mol. The maximum Gasteiger partial charge on any atom is 0.341 e. The number of hydrogen-bond donors (Lipinski definition) is 0. The molecular formula is C19H16BrFO5S. The van der Waals surface area contributed by atoms with Crippen molar-refractivity contribution in [1.82, 2.24) is 0 Å². The molecule has 0 bridgehead atoms. The Balaban J connectivity index is 1.78. The summed E-state index contributed by atoms with van der Waals surface area (Å²) in [6.07, 6.45) is 1.01. The fourth-order valence-electron chi connectivity index (χ4n) is 3.55. The molecule has 1 saturated carbocycles. The Kier molecular flexibility index (Phi) is 4.50. The molecule has 2 aliphatic rings. The van der Waals surface area contributed by atoms with E-state index in [0.29, 0.717) is 29.8 Å². The fraction of sp³-hybridized carbons (Fsp3) is 0.316. The van der Waals surface area contributed by atoms with Crippen molar-refractivity contribution in [2.75, 3.05) is 13.7 Å². The van der Waals surface area contributed by atoms with E-state index in [4.69, 9.17) is 9.47 Å². The van der Waals surface area contributed by atoms with Crippen molar-refractivity contribution in [3.63, 3.8) is 0 Å². The van der Waals surface area contributed by atoms with Crippen LogP contribution in [0.5, 0.6) is 5.75 Å². The predicted octanol–water partition coefficient (Wildman–Crippen LogP) is 3.84. The summed E-state index contributed by atoms with van der Waals surface area (Å²) < 4.78 is 49.9. The molecule has 0 spiro atoms. The first-order valence-electron chi connectivity index (χ1n) is 8.36. The van der Waals surface area contributed by atoms with Gasteiger partial charge in [-0.1, -0.05) is 12.1 Å². The van der Waals surface area contributed by atoms with Crippen LogP contribution >= 0.6 is 15.9 Å². The van der Waals surface area contributed by atoms with Crippen LogP contribution in [0.4, 0.5) is 4.39 Å². The second-order valence-corrected chi connectivity index (χ2v) is 9.57. The molecule has 2 atom stereocenters. The molecule has 8 heteroatoms. The van der Waals surface area contributed by atoms with E-state index in [1.807, 2.05) is 6.07 Å². The van der Waals surface area contributed by atoms with Gasteiger partial charge >= 0.3 is 5.97 Å². The van der Waals surface area contributed by atoms with E-state index < -0.39 is 27.4 Å². The first kappa shape index (κ1) is 18.4. The number of carbonyl (C=O) groups excluding carboxylic acids is 1. The quantitative estimate of drug-likeness (QED) is 0.518. The highest BCUT2D eigenvalue weighted by Crippen LogP contribution is 2.55. The lowest BCUT2D eigenvalue weighted by Gasteiger charge is -2.21. The van der Waals surface area contributed by atoms with Gasteiger partial charge in [0.2, 0.25) is 0 Å². The summed E-state index contributed by atoms with van der Waals surface area (Å²) in [6, 6.07) is 6.86. The van der Waals surface area contributed by atoms with Crippen LogP contribution < -0.4 is 4.74 Å². The van der Waals surface area contributed by atoms with Gasteiger partial charge in [0.25, 0.3) is 0 Å². The number of methoxy groups -OCH3 is 1. The van der Waals surface area contributed by atoms with Gasteiger partial charge < -0.3 is 9.47 Å². The van der Waals surface area contributed by atoms with Crippen LogP contribution in [0.15, 0.2) is 39.7 Å². The molecule has 5 nitrogen and oxygen atoms in total. The van der Waals surface area contributed by atoms with E-state index in [2.05, 4.69) is 15.9 Å². The molecule has 27 heavy (non-hydrogen) atoms. The predicted molar refractivity (Wildman–Crippen MR) is 99.1 cm³/mol. The van der Waals surface area contributed by atoms with Gasteiger partial charge in [0, 0.05) is 10.4 Å². The van der Waals surface area contributed by atoms with E-state index in [1.165, 1.54) is 13.2 Å². The maximum atomic E-state index is 13.3. The van der Waals surface area contributed by atoms with E-state index in [9.17, 15) is 17.6 Å². The van der Waals surface area contributed by atoms with Gasteiger partial charge in [-0.25, -0.2) is 17.6 Å². The van der Waals surface area contributed by atoms with Gasteiger partial charge in [-0.3, -0.25) is 0 Å². The normalized spacial score (nSPS) is 20.3. The molecule has 0 amide bonds. The molecule has 4 rings (SSSR count). The van der Waals surface area contributed by atoms with Crippen molar-refractivity contribution in [2.24, 2.45) is 5.92 Å². The molecule has 2 aromatic carbocycles. The summed E-state index contributed by atoms with van der Waals surface area (Å²) in [5.41, 5.74) is 1.38. The Morgan fingerprint density at radius 3 is 2.81 bits per heavy atom. The number of hydrogen-bond acceptors (Lipinski definition) is 5. The van der Waals surface area contributed by atoms with Crippen molar-refractivity contribution in [3.05, 3.63) is 57.3 Å². The molecule has 0 N–H and O–H groups in total. The molecule has 1 fully saturated rings. The first-order chi connectivity index (χ1) is 12.8. The summed E-state index contributed by atoms with van der Waals surface area (Å²) in [6.45, 7) is 0.515. The Hall–Kier alpha value is -1.93. The second kappa shape index (κ2) is 6.60. The lowest BCUT2D eigenvalue weighted by molar-refractivity contribution is 0.0594. The summed E-state index contributed by atoms with van der Waals surface area (Å²) in [5, 5.41) is 0. The van der Waals surface area contributed by atoms with Gasteiger partial charge in [-0.05, 0) is 57.6 Å². The number of sulfone groups is 1. The number of halogens is 2. The molecule has 0 saturated heterocycles. The zero-order valence-electron chi connectivity index (χ0n) is 14.4. The monoisotopic (exact) mass is 454 g/mol. The average molecular weight is 455 g/mol. The van der Waals surface area contributed by atoms with Crippen molar-refractivity contribution in [2.45, 2.75) is 23.0 Å². The lowest BCUT2D eigenvalue weighted by Crippen LogP contribution is -2.17. The van der Waals surface area contributed by atoms with Crippen LogP contribution in [-0.2, 0) is 20.3 Å².